The van der Waals surface area contributed by atoms with Crippen molar-refractivity contribution >= 4 is 11.4 Å². The van der Waals surface area contributed by atoms with Gasteiger partial charge < -0.3 is 10.6 Å². The van der Waals surface area contributed by atoms with Crippen LogP contribution in [0.25, 0.3) is 0 Å². The maximum absolute atomic E-state index is 11.2. The molecule has 0 spiro atoms. The van der Waals surface area contributed by atoms with Crippen molar-refractivity contribution in [2.75, 3.05) is 10.6 Å². The number of rotatable bonds is 4. The number of hydrogen-bond acceptors (Lipinski definition) is 4. The molecule has 4 nitrogen and oxygen atoms in total. The third kappa shape index (κ3) is 1.95. The largest absolute Gasteiger partial charge is 0.378 e. The Kier molecular flexibility index (Phi) is 2.93. The first-order valence-electron chi connectivity index (χ1n) is 4.79. The monoisotopic (exact) mass is 200 g/mol. The van der Waals surface area contributed by atoms with Gasteiger partial charge in [0.1, 0.15) is 11.4 Å². The molecule has 0 saturated carbocycles. The summed E-state index contributed by atoms with van der Waals surface area (Å²) in [4.78, 5) is 22.4. The Hall–Kier alpha value is -1.32. The van der Waals surface area contributed by atoms with E-state index in [4.69, 9.17) is 0 Å². The second-order valence-corrected chi connectivity index (χ2v) is 4.01. The first-order valence-corrected chi connectivity index (χ1v) is 4.79. The molecule has 1 aromatic carbocycles. The Morgan fingerprint density at radius 3 is 1.36 bits per heavy atom. The average molecular weight is 200 g/mol. The van der Waals surface area contributed by atoms with Gasteiger partial charge in [0.05, 0.1) is 0 Å². The van der Waals surface area contributed by atoms with Crippen molar-refractivity contribution in [2.24, 2.45) is 0 Å². The van der Waals surface area contributed by atoms with Crippen LogP contribution in [0.1, 0.15) is 30.5 Å². The molecule has 0 heterocycles. The Morgan fingerprint density at radius 2 is 1.14 bits per heavy atom. The molecular weight excluding hydrogens is 180 g/mol. The highest BCUT2D eigenvalue weighted by Gasteiger charge is 2.21. The fraction of sp³-hybridized carbons (Fsp3) is 0.600. The molecule has 0 atom stereocenters. The summed E-state index contributed by atoms with van der Waals surface area (Å²) in [5.41, 5.74) is 0.0288. The van der Waals surface area contributed by atoms with E-state index in [0.29, 0.717) is 11.4 Å². The first kappa shape index (κ1) is 10.8. The van der Waals surface area contributed by atoms with E-state index >= 15 is 0 Å². The van der Waals surface area contributed by atoms with Gasteiger partial charge in [-0.15, -0.1) is 0 Å². The van der Waals surface area contributed by atoms with Crippen LogP contribution in [0.15, 0.2) is 9.59 Å². The van der Waals surface area contributed by atoms with E-state index in [1.54, 1.807) is 0 Å². The van der Waals surface area contributed by atoms with E-state index in [1.165, 1.54) is 0 Å². The van der Waals surface area contributed by atoms with E-state index in [0.717, 1.165) is 0 Å². The molecule has 1 aromatic rings. The van der Waals surface area contributed by atoms with E-state index in [1.807, 2.05) is 27.7 Å². The van der Waals surface area contributed by atoms with E-state index < -0.39 is 10.9 Å². The maximum Gasteiger partial charge on any atom is 0.253 e. The number of hydrogen-bond donors (Lipinski definition) is 2. The van der Waals surface area contributed by atoms with Crippen molar-refractivity contribution in [1.82, 2.24) is 0 Å². The molecule has 1 rings (SSSR count). The van der Waals surface area contributed by atoms with Crippen LogP contribution in [0.2, 0.25) is 0 Å². The van der Waals surface area contributed by atoms with Crippen molar-refractivity contribution in [1.29, 1.82) is 0 Å². The van der Waals surface area contributed by atoms with Crippen LogP contribution >= 0.6 is 0 Å². The fourth-order valence-corrected chi connectivity index (χ4v) is 1.24. The summed E-state index contributed by atoms with van der Waals surface area (Å²) in [5, 5.41) is 5.92. The van der Waals surface area contributed by atoms with Crippen molar-refractivity contribution in [3.63, 3.8) is 0 Å². The molecule has 0 unspecified atom stereocenters. The van der Waals surface area contributed by atoms with Crippen LogP contribution in [0.5, 0.6) is 0 Å². The van der Waals surface area contributed by atoms with Gasteiger partial charge in [-0.3, -0.25) is 9.59 Å². The molecule has 2 N–H and O–H groups in total. The Labute approximate surface area is 86.0 Å². The topological polar surface area (TPSA) is 58.2 Å². The Balaban J connectivity index is 0. The molecule has 0 aliphatic rings. The van der Waals surface area contributed by atoms with Crippen LogP contribution in [0.3, 0.4) is 0 Å². The van der Waals surface area contributed by atoms with Gasteiger partial charge in [-0.05, 0) is 27.7 Å². The van der Waals surface area contributed by atoms with E-state index in [9.17, 15) is 9.59 Å². The molecule has 0 fully saturated rings. The molecule has 0 amide bonds. The van der Waals surface area contributed by atoms with Crippen LogP contribution in [0.4, 0.5) is 11.4 Å². The average Bonchev–Trinajstić information content (AvgIpc) is 2.09. The number of anilines is 2. The standard InChI is InChI=1S/C10H16N2O2.2H2/c1-5(2)11-7-8(12-6(3)4)10(14)9(7)13;;/h5-6,11-12H,1-4H3;2*1H. The second-order valence-electron chi connectivity index (χ2n) is 4.01. The third-order valence-electron chi connectivity index (χ3n) is 1.78. The Bertz CT molecular complexity index is 358. The summed E-state index contributed by atoms with van der Waals surface area (Å²) < 4.78 is 0. The maximum atomic E-state index is 11.2. The lowest BCUT2D eigenvalue weighted by molar-refractivity contribution is 0.873. The Morgan fingerprint density at radius 1 is 0.857 bits per heavy atom. The zero-order valence-corrected chi connectivity index (χ0v) is 8.97. The summed E-state index contributed by atoms with van der Waals surface area (Å²) in [6.45, 7) is 7.71. The smallest absolute Gasteiger partial charge is 0.253 e. The SMILES string of the molecule is CC(C)Nc1c(NC(C)C)c(=O)c1=O.[HH].[HH]. The number of nitrogens with one attached hydrogen (secondary N) is 2. The highest BCUT2D eigenvalue weighted by molar-refractivity contribution is 5.74. The van der Waals surface area contributed by atoms with Crippen LogP contribution in [-0.2, 0) is 0 Å². The lowest BCUT2D eigenvalue weighted by Gasteiger charge is -2.18. The van der Waals surface area contributed by atoms with Gasteiger partial charge in [-0.25, -0.2) is 0 Å². The lowest BCUT2D eigenvalue weighted by atomic mass is 10.1. The summed E-state index contributed by atoms with van der Waals surface area (Å²) >= 11 is 0. The molecule has 0 aliphatic carbocycles. The molecule has 0 saturated heterocycles. The van der Waals surface area contributed by atoms with E-state index in [2.05, 4.69) is 10.6 Å². The molecule has 0 aliphatic heterocycles. The highest BCUT2D eigenvalue weighted by Crippen LogP contribution is 2.15. The second kappa shape index (κ2) is 3.82. The molecule has 82 valence electrons. The summed E-state index contributed by atoms with van der Waals surface area (Å²) in [7, 11) is 0. The normalized spacial score (nSPS) is 11.3. The minimum atomic E-state index is -0.415. The van der Waals surface area contributed by atoms with Gasteiger partial charge in [0.15, 0.2) is 0 Å². The van der Waals surface area contributed by atoms with Gasteiger partial charge in [-0.1, -0.05) is 0 Å². The van der Waals surface area contributed by atoms with Crippen LogP contribution in [0, 0.1) is 0 Å². The van der Waals surface area contributed by atoms with Crippen molar-refractivity contribution in [3.8, 4) is 0 Å². The molecular formula is C10H20N2O2. The minimum absolute atomic E-state index is 0. The zero-order valence-electron chi connectivity index (χ0n) is 8.97. The van der Waals surface area contributed by atoms with Gasteiger partial charge in [0.2, 0.25) is 0 Å². The van der Waals surface area contributed by atoms with Gasteiger partial charge >= 0.3 is 0 Å². The fourth-order valence-electron chi connectivity index (χ4n) is 1.24. The summed E-state index contributed by atoms with van der Waals surface area (Å²) in [6, 6.07) is 0.317. The van der Waals surface area contributed by atoms with Crippen molar-refractivity contribution in [3.05, 3.63) is 20.4 Å². The molecule has 0 aromatic heterocycles. The van der Waals surface area contributed by atoms with Gasteiger partial charge in [0, 0.05) is 14.9 Å². The predicted octanol–water partition coefficient (Wildman–Crippen LogP) is 1.42. The summed E-state index contributed by atoms with van der Waals surface area (Å²) in [6.07, 6.45) is 0. The molecule has 0 bridgehead atoms. The van der Waals surface area contributed by atoms with Crippen molar-refractivity contribution < 1.29 is 2.85 Å². The zero-order chi connectivity index (χ0) is 10.9. The minimum Gasteiger partial charge on any atom is -0.378 e. The van der Waals surface area contributed by atoms with Gasteiger partial charge in [-0.2, -0.15) is 0 Å². The van der Waals surface area contributed by atoms with Gasteiger partial charge in [0.25, 0.3) is 10.9 Å². The quantitative estimate of drug-likeness (QED) is 0.722. The van der Waals surface area contributed by atoms with E-state index in [-0.39, 0.29) is 14.9 Å². The lowest BCUT2D eigenvalue weighted by Crippen LogP contribution is -2.39. The molecule has 4 heteroatoms. The van der Waals surface area contributed by atoms with Crippen LogP contribution < -0.4 is 21.5 Å². The summed E-state index contributed by atoms with van der Waals surface area (Å²) in [5.74, 6) is 0. The van der Waals surface area contributed by atoms with Crippen LogP contribution in [-0.4, -0.2) is 12.1 Å². The molecule has 0 radical (unpaired) electrons. The molecule has 14 heavy (non-hydrogen) atoms. The highest BCUT2D eigenvalue weighted by atomic mass is 16.2. The predicted molar refractivity (Wildman–Crippen MR) is 63.1 cm³/mol. The third-order valence-corrected chi connectivity index (χ3v) is 1.78. The van der Waals surface area contributed by atoms with Crippen molar-refractivity contribution in [2.45, 2.75) is 39.8 Å². The first-order chi connectivity index (χ1) is 6.43.